The summed E-state index contributed by atoms with van der Waals surface area (Å²) in [6.07, 6.45) is 3.32. The number of rotatable bonds is 8. The molecule has 0 bridgehead atoms. The Kier molecular flexibility index (Phi) is 7.03. The summed E-state index contributed by atoms with van der Waals surface area (Å²) in [4.78, 5) is 0. The largest absolute Gasteiger partial charge is 0.381 e. The second-order valence-electron chi connectivity index (χ2n) is 4.41. The van der Waals surface area contributed by atoms with Crippen LogP contribution in [0, 0.1) is 5.92 Å². The summed E-state index contributed by atoms with van der Waals surface area (Å²) in [6.45, 7) is 5.34. The minimum absolute atomic E-state index is 0.0593. The Morgan fingerprint density at radius 2 is 2.29 bits per heavy atom. The average molecular weight is 264 g/mol. The van der Waals surface area contributed by atoms with Crippen molar-refractivity contribution in [3.63, 3.8) is 0 Å². The highest BCUT2D eigenvalue weighted by Gasteiger charge is 2.14. The summed E-state index contributed by atoms with van der Waals surface area (Å²) in [7, 11) is -3.15. The molecule has 1 saturated heterocycles. The van der Waals surface area contributed by atoms with E-state index in [2.05, 4.69) is 10.0 Å². The van der Waals surface area contributed by atoms with E-state index in [9.17, 15) is 8.42 Å². The molecule has 0 aromatic carbocycles. The number of nitrogens with one attached hydrogen (secondary N) is 2. The molecule has 0 saturated carbocycles. The molecule has 0 radical (unpaired) electrons. The third kappa shape index (κ3) is 6.98. The highest BCUT2D eigenvalue weighted by Crippen LogP contribution is 2.12. The van der Waals surface area contributed by atoms with Gasteiger partial charge in [-0.05, 0) is 45.2 Å². The van der Waals surface area contributed by atoms with E-state index in [1.54, 1.807) is 0 Å². The second kappa shape index (κ2) is 8.02. The molecule has 0 aromatic heterocycles. The quantitative estimate of drug-likeness (QED) is 0.620. The SMILES string of the molecule is CCOCCS(=O)(=O)NCCC1CCCNC1. The summed E-state index contributed by atoms with van der Waals surface area (Å²) in [5.74, 6) is 0.669. The molecule has 1 aliphatic rings. The maximum absolute atomic E-state index is 11.5. The average Bonchev–Trinajstić information content (AvgIpc) is 2.30. The van der Waals surface area contributed by atoms with Crippen molar-refractivity contribution in [2.24, 2.45) is 5.92 Å². The van der Waals surface area contributed by atoms with Gasteiger partial charge in [-0.3, -0.25) is 0 Å². The number of ether oxygens (including phenoxy) is 1. The van der Waals surface area contributed by atoms with Crippen LogP contribution in [0.5, 0.6) is 0 Å². The summed E-state index contributed by atoms with van der Waals surface area (Å²) < 4.78 is 30.7. The maximum Gasteiger partial charge on any atom is 0.213 e. The molecule has 2 N–H and O–H groups in total. The van der Waals surface area contributed by atoms with Crippen LogP contribution in [-0.2, 0) is 14.8 Å². The van der Waals surface area contributed by atoms with Crippen molar-refractivity contribution in [2.75, 3.05) is 38.6 Å². The molecular weight excluding hydrogens is 240 g/mol. The molecule has 1 fully saturated rings. The Balaban J connectivity index is 2.11. The van der Waals surface area contributed by atoms with Gasteiger partial charge in [0.2, 0.25) is 10.0 Å². The predicted octanol–water partition coefficient (Wildman–Crippen LogP) is 0.332. The zero-order valence-corrected chi connectivity index (χ0v) is 11.4. The highest BCUT2D eigenvalue weighted by atomic mass is 32.2. The van der Waals surface area contributed by atoms with Gasteiger partial charge in [-0.2, -0.15) is 0 Å². The fraction of sp³-hybridized carbons (Fsp3) is 1.00. The lowest BCUT2D eigenvalue weighted by atomic mass is 9.96. The molecule has 102 valence electrons. The lowest BCUT2D eigenvalue weighted by molar-refractivity contribution is 0.163. The van der Waals surface area contributed by atoms with Gasteiger partial charge in [0.05, 0.1) is 12.4 Å². The monoisotopic (exact) mass is 264 g/mol. The van der Waals surface area contributed by atoms with E-state index in [1.807, 2.05) is 6.92 Å². The first-order valence-corrected chi connectivity index (χ1v) is 8.05. The molecule has 6 heteroatoms. The Labute approximate surface area is 104 Å². The van der Waals surface area contributed by atoms with Crippen molar-refractivity contribution in [3.05, 3.63) is 0 Å². The third-order valence-corrected chi connectivity index (χ3v) is 4.32. The first-order chi connectivity index (χ1) is 8.14. The molecule has 1 heterocycles. The van der Waals surface area contributed by atoms with Crippen LogP contribution in [0.1, 0.15) is 26.2 Å². The van der Waals surface area contributed by atoms with Gasteiger partial charge < -0.3 is 10.1 Å². The molecule has 5 nitrogen and oxygen atoms in total. The van der Waals surface area contributed by atoms with E-state index in [-0.39, 0.29) is 12.4 Å². The molecule has 17 heavy (non-hydrogen) atoms. The molecule has 1 aliphatic heterocycles. The normalized spacial score (nSPS) is 21.6. The van der Waals surface area contributed by atoms with Crippen LogP contribution < -0.4 is 10.0 Å². The topological polar surface area (TPSA) is 67.4 Å². The van der Waals surface area contributed by atoms with Crippen molar-refractivity contribution in [1.82, 2.24) is 10.0 Å². The fourth-order valence-electron chi connectivity index (χ4n) is 1.97. The first-order valence-electron chi connectivity index (χ1n) is 6.40. The number of hydrogen-bond acceptors (Lipinski definition) is 4. The minimum atomic E-state index is -3.15. The molecular formula is C11H24N2O3S. The van der Waals surface area contributed by atoms with E-state index >= 15 is 0 Å². The summed E-state index contributed by atoms with van der Waals surface area (Å²) >= 11 is 0. The second-order valence-corrected chi connectivity index (χ2v) is 6.34. The Morgan fingerprint density at radius 1 is 1.47 bits per heavy atom. The Morgan fingerprint density at radius 3 is 2.94 bits per heavy atom. The van der Waals surface area contributed by atoms with Crippen LogP contribution in [0.2, 0.25) is 0 Å². The maximum atomic E-state index is 11.5. The van der Waals surface area contributed by atoms with Crippen LogP contribution in [0.25, 0.3) is 0 Å². The van der Waals surface area contributed by atoms with Gasteiger partial charge in [0.25, 0.3) is 0 Å². The van der Waals surface area contributed by atoms with E-state index < -0.39 is 10.0 Å². The molecule has 0 spiro atoms. The molecule has 0 aromatic rings. The first kappa shape index (κ1) is 14.9. The van der Waals surface area contributed by atoms with Crippen LogP contribution >= 0.6 is 0 Å². The predicted molar refractivity (Wildman–Crippen MR) is 68.5 cm³/mol. The van der Waals surface area contributed by atoms with Gasteiger partial charge in [-0.1, -0.05) is 0 Å². The van der Waals surface area contributed by atoms with Crippen LogP contribution in [0.3, 0.4) is 0 Å². The molecule has 0 amide bonds. The molecule has 1 rings (SSSR count). The van der Waals surface area contributed by atoms with E-state index in [0.717, 1.165) is 19.5 Å². The van der Waals surface area contributed by atoms with Crippen LogP contribution in [-0.4, -0.2) is 47.0 Å². The number of piperidine rings is 1. The van der Waals surface area contributed by atoms with Gasteiger partial charge in [0.1, 0.15) is 0 Å². The lowest BCUT2D eigenvalue weighted by Crippen LogP contribution is -2.34. The zero-order valence-electron chi connectivity index (χ0n) is 10.6. The Hall–Kier alpha value is -0.170. The third-order valence-electron chi connectivity index (χ3n) is 2.97. The number of hydrogen-bond donors (Lipinski definition) is 2. The van der Waals surface area contributed by atoms with Gasteiger partial charge >= 0.3 is 0 Å². The summed E-state index contributed by atoms with van der Waals surface area (Å²) in [5, 5.41) is 3.33. The van der Waals surface area contributed by atoms with Crippen molar-refractivity contribution >= 4 is 10.0 Å². The van der Waals surface area contributed by atoms with Crippen LogP contribution in [0.15, 0.2) is 0 Å². The molecule has 1 atom stereocenters. The van der Waals surface area contributed by atoms with E-state index in [0.29, 0.717) is 19.1 Å². The lowest BCUT2D eigenvalue weighted by Gasteiger charge is -2.22. The summed E-state index contributed by atoms with van der Waals surface area (Å²) in [5.41, 5.74) is 0. The highest BCUT2D eigenvalue weighted by molar-refractivity contribution is 7.89. The van der Waals surface area contributed by atoms with Crippen LogP contribution in [0.4, 0.5) is 0 Å². The van der Waals surface area contributed by atoms with E-state index in [1.165, 1.54) is 12.8 Å². The molecule has 0 aliphatic carbocycles. The number of sulfonamides is 1. The van der Waals surface area contributed by atoms with Gasteiger partial charge in [-0.25, -0.2) is 13.1 Å². The van der Waals surface area contributed by atoms with Crippen molar-refractivity contribution < 1.29 is 13.2 Å². The van der Waals surface area contributed by atoms with Gasteiger partial charge in [0.15, 0.2) is 0 Å². The van der Waals surface area contributed by atoms with Crippen molar-refractivity contribution in [3.8, 4) is 0 Å². The van der Waals surface area contributed by atoms with Crippen molar-refractivity contribution in [2.45, 2.75) is 26.2 Å². The zero-order chi connectivity index (χ0) is 12.6. The van der Waals surface area contributed by atoms with E-state index in [4.69, 9.17) is 4.74 Å². The fourth-order valence-corrected chi connectivity index (χ4v) is 2.88. The summed E-state index contributed by atoms with van der Waals surface area (Å²) in [6, 6.07) is 0. The minimum Gasteiger partial charge on any atom is -0.381 e. The van der Waals surface area contributed by atoms with Crippen molar-refractivity contribution in [1.29, 1.82) is 0 Å². The van der Waals surface area contributed by atoms with Gasteiger partial charge in [-0.15, -0.1) is 0 Å². The van der Waals surface area contributed by atoms with Gasteiger partial charge in [0, 0.05) is 13.2 Å². The Bertz CT molecular complexity index is 287. The molecule has 1 unspecified atom stereocenters. The smallest absolute Gasteiger partial charge is 0.213 e. The standard InChI is InChI=1S/C11H24N2O3S/c1-2-16-8-9-17(14,15)13-7-5-11-4-3-6-12-10-11/h11-13H,2-10H2,1H3.